The number of phenolic OH excluding ortho intramolecular Hbond substituents is 2. The van der Waals surface area contributed by atoms with E-state index in [1.54, 1.807) is 12.1 Å². The fourth-order valence-corrected chi connectivity index (χ4v) is 1.75. The molecule has 104 valence electrons. The number of carbonyl (C=O) groups excluding carboxylic acids is 1. The Labute approximate surface area is 116 Å². The van der Waals surface area contributed by atoms with Crippen molar-refractivity contribution < 1.29 is 20.1 Å². The van der Waals surface area contributed by atoms with E-state index in [4.69, 9.17) is 10.2 Å². The highest BCUT2D eigenvalue weighted by atomic mass is 16.3. The van der Waals surface area contributed by atoms with Crippen LogP contribution in [0.25, 0.3) is 0 Å². The number of benzene rings is 2. The Morgan fingerprint density at radius 2 is 1.65 bits per heavy atom. The van der Waals surface area contributed by atoms with E-state index in [-0.39, 0.29) is 23.7 Å². The maximum Gasteiger partial charge on any atom is 0.255 e. The lowest BCUT2D eigenvalue weighted by molar-refractivity contribution is 0.0948. The van der Waals surface area contributed by atoms with Gasteiger partial charge < -0.3 is 20.6 Å². The standard InChI is InChI=1S/C15H15NO4/c17-9-11-3-1-10(2-4-11)8-16-15(20)13-6-5-12(18)7-14(13)19/h1-7,17-19H,8-9H2,(H,16,20). The first-order valence-corrected chi connectivity index (χ1v) is 6.09. The summed E-state index contributed by atoms with van der Waals surface area (Å²) in [5, 5.41) is 30.3. The van der Waals surface area contributed by atoms with Gasteiger partial charge in [0.05, 0.1) is 12.2 Å². The molecule has 2 aromatic carbocycles. The van der Waals surface area contributed by atoms with E-state index in [0.717, 1.165) is 17.2 Å². The van der Waals surface area contributed by atoms with Crippen LogP contribution >= 0.6 is 0 Å². The summed E-state index contributed by atoms with van der Waals surface area (Å²) in [4.78, 5) is 11.9. The zero-order chi connectivity index (χ0) is 14.5. The lowest BCUT2D eigenvalue weighted by atomic mass is 10.1. The third-order valence-corrected chi connectivity index (χ3v) is 2.88. The Morgan fingerprint density at radius 3 is 2.25 bits per heavy atom. The maximum atomic E-state index is 11.9. The molecule has 2 rings (SSSR count). The van der Waals surface area contributed by atoms with Crippen molar-refractivity contribution in [1.82, 2.24) is 5.32 Å². The molecule has 5 nitrogen and oxygen atoms in total. The number of hydrogen-bond acceptors (Lipinski definition) is 4. The Balaban J connectivity index is 2.00. The first kappa shape index (κ1) is 13.9. The molecule has 0 aliphatic heterocycles. The summed E-state index contributed by atoms with van der Waals surface area (Å²) in [7, 11) is 0. The molecular weight excluding hydrogens is 258 g/mol. The van der Waals surface area contributed by atoms with Crippen LogP contribution in [0.15, 0.2) is 42.5 Å². The largest absolute Gasteiger partial charge is 0.508 e. The third kappa shape index (κ3) is 3.27. The fraction of sp³-hybridized carbons (Fsp3) is 0.133. The predicted octanol–water partition coefficient (Wildman–Crippen LogP) is 1.52. The lowest BCUT2D eigenvalue weighted by Crippen LogP contribution is -2.22. The van der Waals surface area contributed by atoms with Crippen LogP contribution in [-0.4, -0.2) is 21.2 Å². The van der Waals surface area contributed by atoms with Gasteiger partial charge in [-0.25, -0.2) is 0 Å². The van der Waals surface area contributed by atoms with Gasteiger partial charge in [0.1, 0.15) is 11.5 Å². The molecule has 0 aliphatic carbocycles. The molecule has 0 spiro atoms. The van der Waals surface area contributed by atoms with Crippen LogP contribution in [0.1, 0.15) is 21.5 Å². The Kier molecular flexibility index (Phi) is 4.22. The quantitative estimate of drug-likeness (QED) is 0.680. The summed E-state index contributed by atoms with van der Waals surface area (Å²) in [5.74, 6) is -0.787. The molecule has 4 N–H and O–H groups in total. The van der Waals surface area contributed by atoms with Crippen molar-refractivity contribution >= 4 is 5.91 Å². The first-order chi connectivity index (χ1) is 9.60. The Morgan fingerprint density at radius 1 is 1.00 bits per heavy atom. The summed E-state index contributed by atoms with van der Waals surface area (Å²) in [6.45, 7) is 0.291. The third-order valence-electron chi connectivity index (χ3n) is 2.88. The second kappa shape index (κ2) is 6.08. The van der Waals surface area contributed by atoms with E-state index in [9.17, 15) is 9.90 Å². The minimum Gasteiger partial charge on any atom is -0.508 e. The van der Waals surface area contributed by atoms with Gasteiger partial charge in [0, 0.05) is 12.6 Å². The van der Waals surface area contributed by atoms with Crippen molar-refractivity contribution in [3.05, 3.63) is 59.2 Å². The fourth-order valence-electron chi connectivity index (χ4n) is 1.75. The first-order valence-electron chi connectivity index (χ1n) is 6.09. The van der Waals surface area contributed by atoms with Crippen LogP contribution in [0.2, 0.25) is 0 Å². The van der Waals surface area contributed by atoms with Crippen LogP contribution in [0.5, 0.6) is 11.5 Å². The highest BCUT2D eigenvalue weighted by Crippen LogP contribution is 2.22. The molecule has 0 saturated carbocycles. The minimum atomic E-state index is -0.422. The predicted molar refractivity (Wildman–Crippen MR) is 73.3 cm³/mol. The van der Waals surface area contributed by atoms with E-state index in [1.807, 2.05) is 12.1 Å². The van der Waals surface area contributed by atoms with E-state index < -0.39 is 5.91 Å². The molecule has 0 bridgehead atoms. The van der Waals surface area contributed by atoms with Gasteiger partial charge in [-0.2, -0.15) is 0 Å². The van der Waals surface area contributed by atoms with Crippen molar-refractivity contribution in [2.24, 2.45) is 0 Å². The van der Waals surface area contributed by atoms with Crippen LogP contribution in [0.3, 0.4) is 0 Å². The number of rotatable bonds is 4. The van der Waals surface area contributed by atoms with Gasteiger partial charge in [-0.1, -0.05) is 24.3 Å². The maximum absolute atomic E-state index is 11.9. The number of carbonyl (C=O) groups is 1. The molecule has 1 amide bonds. The van der Waals surface area contributed by atoms with Gasteiger partial charge in [-0.15, -0.1) is 0 Å². The second-order valence-electron chi connectivity index (χ2n) is 4.36. The Bertz CT molecular complexity index is 608. The number of aliphatic hydroxyl groups excluding tert-OH is 1. The number of aliphatic hydroxyl groups is 1. The van der Waals surface area contributed by atoms with Gasteiger partial charge in [0.15, 0.2) is 0 Å². The SMILES string of the molecule is O=C(NCc1ccc(CO)cc1)c1ccc(O)cc1O. The van der Waals surface area contributed by atoms with Crippen LogP contribution in [0, 0.1) is 0 Å². The average Bonchev–Trinajstić information content (AvgIpc) is 2.45. The summed E-state index contributed by atoms with van der Waals surface area (Å²) < 4.78 is 0. The van der Waals surface area contributed by atoms with Crippen molar-refractivity contribution in [2.45, 2.75) is 13.2 Å². The average molecular weight is 273 g/mol. The van der Waals surface area contributed by atoms with Gasteiger partial charge in [0.25, 0.3) is 5.91 Å². The molecule has 0 aliphatic rings. The van der Waals surface area contributed by atoms with E-state index in [2.05, 4.69) is 5.32 Å². The molecule has 0 saturated heterocycles. The summed E-state index contributed by atoms with van der Waals surface area (Å²) >= 11 is 0. The molecule has 2 aromatic rings. The van der Waals surface area contributed by atoms with Crippen LogP contribution in [0.4, 0.5) is 0 Å². The van der Waals surface area contributed by atoms with Crippen LogP contribution in [-0.2, 0) is 13.2 Å². The summed E-state index contributed by atoms with van der Waals surface area (Å²) in [5.41, 5.74) is 1.79. The number of aromatic hydroxyl groups is 2. The zero-order valence-electron chi connectivity index (χ0n) is 10.7. The summed E-state index contributed by atoms with van der Waals surface area (Å²) in [6, 6.07) is 11.0. The molecule has 0 fully saturated rings. The number of amides is 1. The molecular formula is C15H15NO4. The normalized spacial score (nSPS) is 10.2. The van der Waals surface area contributed by atoms with Gasteiger partial charge in [0.2, 0.25) is 0 Å². The number of nitrogens with one attached hydrogen (secondary N) is 1. The lowest BCUT2D eigenvalue weighted by Gasteiger charge is -2.07. The van der Waals surface area contributed by atoms with Gasteiger partial charge >= 0.3 is 0 Å². The topological polar surface area (TPSA) is 89.8 Å². The molecule has 5 heteroatoms. The van der Waals surface area contributed by atoms with Crippen LogP contribution < -0.4 is 5.32 Å². The van der Waals surface area contributed by atoms with Gasteiger partial charge in [-0.3, -0.25) is 4.79 Å². The monoisotopic (exact) mass is 273 g/mol. The van der Waals surface area contributed by atoms with Crippen molar-refractivity contribution in [3.63, 3.8) is 0 Å². The van der Waals surface area contributed by atoms with E-state index in [0.29, 0.717) is 6.54 Å². The highest BCUT2D eigenvalue weighted by Gasteiger charge is 2.11. The minimum absolute atomic E-state index is 0.0198. The molecule has 0 aromatic heterocycles. The molecule has 0 heterocycles. The van der Waals surface area contributed by atoms with E-state index in [1.165, 1.54) is 12.1 Å². The summed E-state index contributed by atoms with van der Waals surface area (Å²) in [6.07, 6.45) is 0. The van der Waals surface area contributed by atoms with Gasteiger partial charge in [-0.05, 0) is 23.3 Å². The molecule has 0 radical (unpaired) electrons. The molecule has 0 unspecified atom stereocenters. The Hall–Kier alpha value is -2.53. The van der Waals surface area contributed by atoms with Crippen molar-refractivity contribution in [3.8, 4) is 11.5 Å². The van der Waals surface area contributed by atoms with Crippen molar-refractivity contribution in [1.29, 1.82) is 0 Å². The van der Waals surface area contributed by atoms with Crippen molar-refractivity contribution in [2.75, 3.05) is 0 Å². The molecule has 20 heavy (non-hydrogen) atoms. The van der Waals surface area contributed by atoms with E-state index >= 15 is 0 Å². The highest BCUT2D eigenvalue weighted by molar-refractivity contribution is 5.96. The second-order valence-corrected chi connectivity index (χ2v) is 4.36. The number of phenols is 2. The number of hydrogen-bond donors (Lipinski definition) is 4. The molecule has 0 atom stereocenters. The zero-order valence-corrected chi connectivity index (χ0v) is 10.7. The smallest absolute Gasteiger partial charge is 0.255 e.